The molecule has 0 spiro atoms. The van der Waals surface area contributed by atoms with Gasteiger partial charge in [-0.3, -0.25) is 19.2 Å². The summed E-state index contributed by atoms with van der Waals surface area (Å²) in [6, 6.07) is 4.75. The molecule has 37 heavy (non-hydrogen) atoms. The molecule has 0 fully saturated rings. The van der Waals surface area contributed by atoms with Gasteiger partial charge in [-0.2, -0.15) is 11.8 Å². The topological polar surface area (TPSA) is 194 Å². The van der Waals surface area contributed by atoms with E-state index in [9.17, 15) is 29.1 Å². The number of hydrogen-bond acceptors (Lipinski definition) is 7. The fraction of sp³-hybridized carbons (Fsp3) is 0.560. The molecule has 0 aromatic heterocycles. The van der Waals surface area contributed by atoms with Gasteiger partial charge in [0.05, 0.1) is 6.04 Å². The molecule has 1 aromatic carbocycles. The van der Waals surface area contributed by atoms with Crippen LogP contribution in [0.15, 0.2) is 30.3 Å². The number of nitrogens with one attached hydrogen (secondary N) is 3. The van der Waals surface area contributed by atoms with Crippen LogP contribution in [-0.4, -0.2) is 70.9 Å². The van der Waals surface area contributed by atoms with Crippen molar-refractivity contribution in [2.45, 2.75) is 70.1 Å². The number of primary amides is 1. The molecule has 0 radical (unpaired) electrons. The number of carbonyl (C=O) groups excluding carboxylic acids is 4. The number of carbonyl (C=O) groups is 5. The van der Waals surface area contributed by atoms with Crippen molar-refractivity contribution in [2.24, 2.45) is 17.4 Å². The van der Waals surface area contributed by atoms with Gasteiger partial charge in [0, 0.05) is 12.8 Å². The average Bonchev–Trinajstić information content (AvgIpc) is 2.87. The summed E-state index contributed by atoms with van der Waals surface area (Å²) in [5.41, 5.74) is 11.8. The molecule has 0 saturated heterocycles. The summed E-state index contributed by atoms with van der Waals surface area (Å²) in [5.74, 6) is -3.39. The first-order chi connectivity index (χ1) is 17.5. The summed E-state index contributed by atoms with van der Waals surface area (Å²) in [6.07, 6.45) is 2.72. The predicted octanol–water partition coefficient (Wildman–Crippen LogP) is 0.160. The lowest BCUT2D eigenvalue weighted by molar-refractivity contribution is -0.143. The number of thioether (sulfide) groups is 1. The Morgan fingerprint density at radius 2 is 1.54 bits per heavy atom. The first-order valence-corrected chi connectivity index (χ1v) is 13.6. The average molecular weight is 538 g/mol. The molecule has 0 aliphatic carbocycles. The van der Waals surface area contributed by atoms with E-state index in [1.54, 1.807) is 31.2 Å². The number of benzene rings is 1. The summed E-state index contributed by atoms with van der Waals surface area (Å²) >= 11 is 1.47. The van der Waals surface area contributed by atoms with Gasteiger partial charge in [0.1, 0.15) is 18.1 Å². The Hall–Kier alpha value is -3.12. The highest BCUT2D eigenvalue weighted by atomic mass is 32.2. The third-order valence-corrected chi connectivity index (χ3v) is 6.62. The molecule has 11 nitrogen and oxygen atoms in total. The first-order valence-electron chi connectivity index (χ1n) is 12.2. The van der Waals surface area contributed by atoms with Crippen molar-refractivity contribution in [2.75, 3.05) is 12.0 Å². The Kier molecular flexibility index (Phi) is 14.3. The predicted molar refractivity (Wildman–Crippen MR) is 142 cm³/mol. The van der Waals surface area contributed by atoms with Gasteiger partial charge >= 0.3 is 5.97 Å². The molecule has 0 saturated carbocycles. The van der Waals surface area contributed by atoms with Crippen molar-refractivity contribution in [3.8, 4) is 0 Å². The molecule has 0 heterocycles. The fourth-order valence-electron chi connectivity index (χ4n) is 3.48. The summed E-state index contributed by atoms with van der Waals surface area (Å²) in [4.78, 5) is 61.7. The zero-order valence-electron chi connectivity index (χ0n) is 21.6. The van der Waals surface area contributed by atoms with Gasteiger partial charge in [-0.05, 0) is 36.3 Å². The second kappa shape index (κ2) is 16.6. The summed E-state index contributed by atoms with van der Waals surface area (Å²) in [6.45, 7) is 3.55. The van der Waals surface area contributed by atoms with Crippen LogP contribution in [0, 0.1) is 5.92 Å². The van der Waals surface area contributed by atoms with Crippen LogP contribution in [0.2, 0.25) is 0 Å². The Morgan fingerprint density at radius 1 is 0.946 bits per heavy atom. The van der Waals surface area contributed by atoms with Gasteiger partial charge in [0.2, 0.25) is 23.6 Å². The molecule has 12 heteroatoms. The van der Waals surface area contributed by atoms with E-state index in [1.165, 1.54) is 11.8 Å². The third-order valence-electron chi connectivity index (χ3n) is 5.97. The van der Waals surface area contributed by atoms with Crippen molar-refractivity contribution < 1.29 is 29.1 Å². The Balaban J connectivity index is 3.09. The van der Waals surface area contributed by atoms with Crippen molar-refractivity contribution in [3.63, 3.8) is 0 Å². The standard InChI is InChI=1S/C25H39N5O6S/c1-4-15(2)21(25(35)36)30-23(33)18(12-13-37-3)28-24(34)19(14-16-8-6-5-7-9-16)29-22(32)17(26)10-11-20(27)31/h5-9,15,17-19,21H,4,10-14,26H2,1-3H3,(H2,27,31)(H,28,34)(H,29,32)(H,30,33)(H,35,36). The van der Waals surface area contributed by atoms with Gasteiger partial charge in [-0.1, -0.05) is 50.6 Å². The number of amides is 4. The lowest BCUT2D eigenvalue weighted by atomic mass is 9.98. The van der Waals surface area contributed by atoms with E-state index in [0.717, 1.165) is 5.56 Å². The van der Waals surface area contributed by atoms with Gasteiger partial charge in [-0.25, -0.2) is 4.79 Å². The van der Waals surface area contributed by atoms with Gasteiger partial charge in [0.15, 0.2) is 0 Å². The van der Waals surface area contributed by atoms with Crippen molar-refractivity contribution in [1.82, 2.24) is 16.0 Å². The van der Waals surface area contributed by atoms with Gasteiger partial charge in [0.25, 0.3) is 0 Å². The maximum absolute atomic E-state index is 13.3. The minimum absolute atomic E-state index is 0.0196. The molecule has 206 valence electrons. The molecule has 0 aliphatic heterocycles. The highest BCUT2D eigenvalue weighted by Crippen LogP contribution is 2.11. The number of nitrogens with two attached hydrogens (primary N) is 2. The quantitative estimate of drug-likeness (QED) is 0.162. The molecule has 4 amide bonds. The highest BCUT2D eigenvalue weighted by molar-refractivity contribution is 7.98. The van der Waals surface area contributed by atoms with E-state index in [1.807, 2.05) is 19.2 Å². The number of carboxylic acid groups (broad SMARTS) is 1. The third kappa shape index (κ3) is 11.6. The normalized spacial score (nSPS) is 14.9. The number of carboxylic acids is 1. The van der Waals surface area contributed by atoms with Crippen LogP contribution in [0.5, 0.6) is 0 Å². The van der Waals surface area contributed by atoms with E-state index in [-0.39, 0.29) is 31.6 Å². The molecule has 8 N–H and O–H groups in total. The van der Waals surface area contributed by atoms with Crippen molar-refractivity contribution in [1.29, 1.82) is 0 Å². The van der Waals surface area contributed by atoms with Gasteiger partial charge in [-0.15, -0.1) is 0 Å². The van der Waals surface area contributed by atoms with E-state index in [2.05, 4.69) is 16.0 Å². The molecule has 5 unspecified atom stereocenters. The Labute approximate surface area is 221 Å². The van der Waals surface area contributed by atoms with Crippen molar-refractivity contribution in [3.05, 3.63) is 35.9 Å². The van der Waals surface area contributed by atoms with Crippen LogP contribution in [0.4, 0.5) is 0 Å². The summed E-state index contributed by atoms with van der Waals surface area (Å²) in [7, 11) is 0. The van der Waals surface area contributed by atoms with Crippen LogP contribution >= 0.6 is 11.8 Å². The number of hydrogen-bond donors (Lipinski definition) is 6. The lowest BCUT2D eigenvalue weighted by Crippen LogP contribution is -2.58. The molecular weight excluding hydrogens is 498 g/mol. The number of rotatable bonds is 17. The summed E-state index contributed by atoms with van der Waals surface area (Å²) < 4.78 is 0. The van der Waals surface area contributed by atoms with E-state index < -0.39 is 53.8 Å². The number of aliphatic carboxylic acids is 1. The highest BCUT2D eigenvalue weighted by Gasteiger charge is 2.32. The second-order valence-corrected chi connectivity index (χ2v) is 9.90. The Bertz CT molecular complexity index is 916. The minimum atomic E-state index is -1.16. The van der Waals surface area contributed by atoms with Crippen LogP contribution in [0.3, 0.4) is 0 Å². The minimum Gasteiger partial charge on any atom is -0.480 e. The van der Waals surface area contributed by atoms with E-state index >= 15 is 0 Å². The van der Waals surface area contributed by atoms with Crippen LogP contribution in [0.25, 0.3) is 0 Å². The lowest BCUT2D eigenvalue weighted by Gasteiger charge is -2.26. The second-order valence-electron chi connectivity index (χ2n) is 8.92. The summed E-state index contributed by atoms with van der Waals surface area (Å²) in [5, 5.41) is 17.4. The van der Waals surface area contributed by atoms with Crippen LogP contribution in [-0.2, 0) is 30.4 Å². The van der Waals surface area contributed by atoms with E-state index in [4.69, 9.17) is 11.5 Å². The fourth-order valence-corrected chi connectivity index (χ4v) is 3.95. The van der Waals surface area contributed by atoms with Crippen LogP contribution in [0.1, 0.15) is 45.1 Å². The van der Waals surface area contributed by atoms with E-state index in [0.29, 0.717) is 12.2 Å². The maximum atomic E-state index is 13.3. The first kappa shape index (κ1) is 31.9. The molecule has 5 atom stereocenters. The van der Waals surface area contributed by atoms with Gasteiger partial charge < -0.3 is 32.5 Å². The largest absolute Gasteiger partial charge is 0.480 e. The molecule has 1 rings (SSSR count). The maximum Gasteiger partial charge on any atom is 0.326 e. The SMILES string of the molecule is CCC(C)C(NC(=O)C(CCSC)NC(=O)C(Cc1ccccc1)NC(=O)C(N)CCC(N)=O)C(=O)O. The molecule has 0 aliphatic rings. The molecule has 1 aromatic rings. The zero-order valence-corrected chi connectivity index (χ0v) is 22.4. The Morgan fingerprint density at radius 3 is 2.08 bits per heavy atom. The van der Waals surface area contributed by atoms with Crippen LogP contribution < -0.4 is 27.4 Å². The zero-order chi connectivity index (χ0) is 28.0. The monoisotopic (exact) mass is 537 g/mol. The smallest absolute Gasteiger partial charge is 0.326 e. The molecular formula is C25H39N5O6S. The van der Waals surface area contributed by atoms with Crippen molar-refractivity contribution >= 4 is 41.4 Å². The molecule has 0 bridgehead atoms.